The van der Waals surface area contributed by atoms with Crippen LogP contribution in [0.25, 0.3) is 0 Å². The van der Waals surface area contributed by atoms with Crippen LogP contribution in [0.3, 0.4) is 0 Å². The fraction of sp³-hybridized carbons (Fsp3) is 0.238. The lowest BCUT2D eigenvalue weighted by molar-refractivity contribution is 0.0933. The highest BCUT2D eigenvalue weighted by molar-refractivity contribution is 5.94. The molecule has 4 heteroatoms. The molecule has 0 bridgehead atoms. The van der Waals surface area contributed by atoms with Crippen LogP contribution in [0.15, 0.2) is 67.0 Å². The van der Waals surface area contributed by atoms with Crippen molar-refractivity contribution in [1.82, 2.24) is 15.1 Å². The molecule has 4 nitrogen and oxygen atoms in total. The van der Waals surface area contributed by atoms with Crippen LogP contribution in [-0.4, -0.2) is 21.7 Å². The molecule has 2 aromatic carbocycles. The van der Waals surface area contributed by atoms with Crippen molar-refractivity contribution in [2.45, 2.75) is 31.8 Å². The summed E-state index contributed by atoms with van der Waals surface area (Å²) in [4.78, 5) is 12.6. The number of carbonyl (C=O) groups is 1. The Balaban J connectivity index is 1.43. The number of aryl methyl sites for hydroxylation is 1. The highest BCUT2D eigenvalue weighted by Gasteiger charge is 2.20. The molecule has 0 unspecified atom stereocenters. The van der Waals surface area contributed by atoms with Gasteiger partial charge in [-0.2, -0.15) is 5.10 Å². The summed E-state index contributed by atoms with van der Waals surface area (Å²) in [7, 11) is 0. The maximum absolute atomic E-state index is 12.6. The number of nitrogens with one attached hydrogen (secondary N) is 1. The standard InChI is InChI=1S/C21H21N3O/c25-21(23-20-10-9-17-6-1-2-7-18(17)14-20)19-8-3-5-16(13-19)15-24-12-4-11-22-24/h1-8,11-13,20H,9-10,14-15H2,(H,23,25)/t20-/m1/s1. The predicted octanol–water partition coefficient (Wildman–Crippen LogP) is 3.22. The van der Waals surface area contributed by atoms with Gasteiger partial charge in [-0.1, -0.05) is 36.4 Å². The number of aromatic nitrogens is 2. The molecule has 0 saturated carbocycles. The third-order valence-electron chi connectivity index (χ3n) is 4.77. The Kier molecular flexibility index (Phi) is 4.34. The molecule has 1 heterocycles. The minimum absolute atomic E-state index is 0.00620. The third-order valence-corrected chi connectivity index (χ3v) is 4.77. The van der Waals surface area contributed by atoms with Crippen molar-refractivity contribution in [2.24, 2.45) is 0 Å². The fourth-order valence-corrected chi connectivity index (χ4v) is 3.48. The molecule has 1 aliphatic rings. The number of hydrogen-bond donors (Lipinski definition) is 1. The first kappa shape index (κ1) is 15.6. The molecule has 1 amide bonds. The Hall–Kier alpha value is -2.88. The van der Waals surface area contributed by atoms with Crippen molar-refractivity contribution in [3.05, 3.63) is 89.2 Å². The van der Waals surface area contributed by atoms with Gasteiger partial charge in [-0.25, -0.2) is 0 Å². The predicted molar refractivity (Wildman–Crippen MR) is 97.5 cm³/mol. The molecule has 1 aromatic heterocycles. The first-order chi connectivity index (χ1) is 12.3. The molecule has 0 aliphatic heterocycles. The van der Waals surface area contributed by atoms with Crippen molar-refractivity contribution in [2.75, 3.05) is 0 Å². The lowest BCUT2D eigenvalue weighted by Gasteiger charge is -2.25. The van der Waals surface area contributed by atoms with Crippen molar-refractivity contribution in [1.29, 1.82) is 0 Å². The van der Waals surface area contributed by atoms with Crippen LogP contribution in [0, 0.1) is 0 Å². The van der Waals surface area contributed by atoms with E-state index < -0.39 is 0 Å². The quantitative estimate of drug-likeness (QED) is 0.798. The van der Waals surface area contributed by atoms with E-state index in [0.717, 1.165) is 24.8 Å². The van der Waals surface area contributed by atoms with Crippen LogP contribution in [0.1, 0.15) is 33.5 Å². The highest BCUT2D eigenvalue weighted by Crippen LogP contribution is 2.21. The second-order valence-corrected chi connectivity index (χ2v) is 6.59. The van der Waals surface area contributed by atoms with Gasteiger partial charge in [0, 0.05) is 24.0 Å². The van der Waals surface area contributed by atoms with Gasteiger partial charge in [-0.3, -0.25) is 9.48 Å². The van der Waals surface area contributed by atoms with Gasteiger partial charge in [-0.05, 0) is 54.2 Å². The summed E-state index contributed by atoms with van der Waals surface area (Å²) in [6.07, 6.45) is 6.62. The van der Waals surface area contributed by atoms with Crippen LogP contribution >= 0.6 is 0 Å². The van der Waals surface area contributed by atoms with Gasteiger partial charge < -0.3 is 5.32 Å². The van der Waals surface area contributed by atoms with Crippen molar-refractivity contribution < 1.29 is 4.79 Å². The Labute approximate surface area is 147 Å². The average molecular weight is 331 g/mol. The van der Waals surface area contributed by atoms with Crippen LogP contribution < -0.4 is 5.32 Å². The lowest BCUT2D eigenvalue weighted by atomic mass is 9.88. The number of hydrogen-bond acceptors (Lipinski definition) is 2. The fourth-order valence-electron chi connectivity index (χ4n) is 3.48. The number of amides is 1. The van der Waals surface area contributed by atoms with Crippen molar-refractivity contribution >= 4 is 5.91 Å². The molecular weight excluding hydrogens is 310 g/mol. The normalized spacial score (nSPS) is 16.2. The minimum atomic E-state index is 0.00620. The Morgan fingerprint density at radius 2 is 2.00 bits per heavy atom. The number of fused-ring (bicyclic) bond motifs is 1. The number of nitrogens with zero attached hydrogens (tertiary/aromatic N) is 2. The molecule has 1 atom stereocenters. The molecular formula is C21H21N3O. The first-order valence-electron chi connectivity index (χ1n) is 8.72. The molecule has 1 N–H and O–H groups in total. The van der Waals surface area contributed by atoms with E-state index in [2.05, 4.69) is 34.7 Å². The van der Waals surface area contributed by atoms with E-state index in [1.54, 1.807) is 6.20 Å². The van der Waals surface area contributed by atoms with Gasteiger partial charge in [0.2, 0.25) is 0 Å². The van der Waals surface area contributed by atoms with E-state index >= 15 is 0 Å². The summed E-state index contributed by atoms with van der Waals surface area (Å²) >= 11 is 0. The molecule has 4 rings (SSSR count). The van der Waals surface area contributed by atoms with Crippen molar-refractivity contribution in [3.63, 3.8) is 0 Å². The largest absolute Gasteiger partial charge is 0.349 e. The third kappa shape index (κ3) is 3.63. The lowest BCUT2D eigenvalue weighted by Crippen LogP contribution is -2.38. The van der Waals surface area contributed by atoms with Gasteiger partial charge in [0.25, 0.3) is 5.91 Å². The van der Waals surface area contributed by atoms with Crippen LogP contribution in [0.5, 0.6) is 0 Å². The summed E-state index contributed by atoms with van der Waals surface area (Å²) in [5.74, 6) is 0.00620. The SMILES string of the molecule is O=C(N[C@@H]1CCc2ccccc2C1)c1cccc(Cn2cccn2)c1. The first-order valence-corrected chi connectivity index (χ1v) is 8.72. The molecule has 0 saturated heterocycles. The second kappa shape index (κ2) is 6.93. The minimum Gasteiger partial charge on any atom is -0.349 e. The molecule has 3 aromatic rings. The van der Waals surface area contributed by atoms with E-state index in [9.17, 15) is 4.79 Å². The second-order valence-electron chi connectivity index (χ2n) is 6.59. The Morgan fingerprint density at radius 1 is 1.12 bits per heavy atom. The maximum atomic E-state index is 12.6. The molecule has 1 aliphatic carbocycles. The number of benzene rings is 2. The molecule has 126 valence electrons. The van der Waals surface area contributed by atoms with E-state index in [1.807, 2.05) is 41.2 Å². The average Bonchev–Trinajstić information content (AvgIpc) is 3.15. The van der Waals surface area contributed by atoms with Crippen molar-refractivity contribution in [3.8, 4) is 0 Å². The highest BCUT2D eigenvalue weighted by atomic mass is 16.1. The zero-order valence-electron chi connectivity index (χ0n) is 14.1. The number of rotatable bonds is 4. The van der Waals surface area contributed by atoms with E-state index in [-0.39, 0.29) is 11.9 Å². The van der Waals surface area contributed by atoms with E-state index in [1.165, 1.54) is 11.1 Å². The van der Waals surface area contributed by atoms with Gasteiger partial charge in [0.05, 0.1) is 6.54 Å². The van der Waals surface area contributed by atoms with Crippen LogP contribution in [0.4, 0.5) is 0 Å². The summed E-state index contributed by atoms with van der Waals surface area (Å²) in [6.45, 7) is 0.672. The number of carbonyl (C=O) groups excluding carboxylic acids is 1. The summed E-state index contributed by atoms with van der Waals surface area (Å²) in [5.41, 5.74) is 4.55. The van der Waals surface area contributed by atoms with Gasteiger partial charge in [-0.15, -0.1) is 0 Å². The summed E-state index contributed by atoms with van der Waals surface area (Å²) in [5, 5.41) is 7.42. The summed E-state index contributed by atoms with van der Waals surface area (Å²) < 4.78 is 1.86. The van der Waals surface area contributed by atoms with Gasteiger partial charge in [0.1, 0.15) is 0 Å². The Bertz CT molecular complexity index is 870. The van der Waals surface area contributed by atoms with Crippen LogP contribution in [0.2, 0.25) is 0 Å². The topological polar surface area (TPSA) is 46.9 Å². The molecule has 25 heavy (non-hydrogen) atoms. The van der Waals surface area contributed by atoms with Gasteiger partial charge >= 0.3 is 0 Å². The summed E-state index contributed by atoms with van der Waals surface area (Å²) in [6, 6.07) is 18.4. The maximum Gasteiger partial charge on any atom is 0.251 e. The molecule has 0 fully saturated rings. The molecule has 0 spiro atoms. The monoisotopic (exact) mass is 331 g/mol. The van der Waals surface area contributed by atoms with E-state index in [4.69, 9.17) is 0 Å². The smallest absolute Gasteiger partial charge is 0.251 e. The zero-order chi connectivity index (χ0) is 17.1. The van der Waals surface area contributed by atoms with E-state index in [0.29, 0.717) is 12.1 Å². The van der Waals surface area contributed by atoms with Crippen LogP contribution in [-0.2, 0) is 19.4 Å². The van der Waals surface area contributed by atoms with Gasteiger partial charge in [0.15, 0.2) is 0 Å². The zero-order valence-corrected chi connectivity index (χ0v) is 14.1. The Morgan fingerprint density at radius 3 is 2.84 bits per heavy atom. The molecule has 0 radical (unpaired) electrons.